The van der Waals surface area contributed by atoms with Crippen LogP contribution in [-0.4, -0.2) is 68.2 Å². The summed E-state index contributed by atoms with van der Waals surface area (Å²) in [6.45, 7) is 6.02. The Morgan fingerprint density at radius 2 is 1.48 bits per heavy atom. The van der Waals surface area contributed by atoms with Crippen molar-refractivity contribution in [1.82, 2.24) is 24.9 Å². The van der Waals surface area contributed by atoms with Crippen LogP contribution >= 0.6 is 11.6 Å². The number of nitrogens with zero attached hydrogens (tertiary/aromatic N) is 5. The summed E-state index contributed by atoms with van der Waals surface area (Å²) in [6.07, 6.45) is 5.16. The average molecular weight is 819 g/mol. The lowest BCUT2D eigenvalue weighted by Gasteiger charge is -2.34. The van der Waals surface area contributed by atoms with Crippen molar-refractivity contribution in [1.29, 1.82) is 5.26 Å². The lowest BCUT2D eigenvalue weighted by molar-refractivity contribution is -0.138. The number of imide groups is 2. The van der Waals surface area contributed by atoms with Crippen molar-refractivity contribution in [3.8, 4) is 41.0 Å². The summed E-state index contributed by atoms with van der Waals surface area (Å²) in [4.78, 5) is 66.6. The zero-order valence-electron chi connectivity index (χ0n) is 33.5. The highest BCUT2D eigenvalue weighted by Gasteiger charge is 2.44. The predicted molar refractivity (Wildman–Crippen MR) is 224 cm³/mol. The van der Waals surface area contributed by atoms with E-state index in [0.29, 0.717) is 35.8 Å². The van der Waals surface area contributed by atoms with Crippen molar-refractivity contribution in [2.75, 3.05) is 13.1 Å². The number of benzene rings is 3. The van der Waals surface area contributed by atoms with Gasteiger partial charge in [-0.1, -0.05) is 53.5 Å². The van der Waals surface area contributed by atoms with E-state index in [1.54, 1.807) is 30.3 Å². The molecule has 2 saturated heterocycles. The van der Waals surface area contributed by atoms with Crippen molar-refractivity contribution in [3.63, 3.8) is 0 Å². The first-order valence-electron chi connectivity index (χ1n) is 20.5. The van der Waals surface area contributed by atoms with E-state index in [4.69, 9.17) is 16.7 Å². The van der Waals surface area contributed by atoms with Crippen LogP contribution in [0.2, 0.25) is 5.02 Å². The normalized spacial score (nSPS) is 20.4. The third-order valence-electron chi connectivity index (χ3n) is 12.3. The summed E-state index contributed by atoms with van der Waals surface area (Å²) in [5.74, 6) is 11.8. The standard InChI is InChI=1S/C48H43ClN6O5/c1-29-30(2)54(52-44(29)37-16-17-38(27-50)41(49)26-37)28-35-9-6-31(7-10-35)3-4-32-11-14-36(15-12-32)46(58)53-23-21-33(22-24-53)5-8-34-13-18-39-40(25-34)48(60)55(47(39)59)42-19-20-43(56)51-45(42)57/h6-7,9-10,13,16-18,25-26,32-33,36,42H,11-12,14-15,19-24,28H2,1-2H3,(H,51,56,57)/t32-,36-,42?. The molecule has 11 nitrogen and oxygen atoms in total. The molecule has 1 aliphatic carbocycles. The maximum Gasteiger partial charge on any atom is 0.262 e. The molecule has 60 heavy (non-hydrogen) atoms. The molecule has 3 aliphatic heterocycles. The number of piperidine rings is 2. The minimum Gasteiger partial charge on any atom is -0.342 e. The van der Waals surface area contributed by atoms with Gasteiger partial charge in [0.1, 0.15) is 12.1 Å². The van der Waals surface area contributed by atoms with Crippen LogP contribution < -0.4 is 5.32 Å². The number of fused-ring (bicyclic) bond motifs is 1. The van der Waals surface area contributed by atoms with Crippen LogP contribution in [0, 0.1) is 66.6 Å². The highest BCUT2D eigenvalue weighted by atomic mass is 35.5. The van der Waals surface area contributed by atoms with Gasteiger partial charge in [-0.2, -0.15) is 10.4 Å². The van der Waals surface area contributed by atoms with Gasteiger partial charge in [-0.05, 0) is 112 Å². The summed E-state index contributed by atoms with van der Waals surface area (Å²) in [6, 6.07) is 19.6. The quantitative estimate of drug-likeness (QED) is 0.177. The first kappa shape index (κ1) is 40.3. The number of carbonyl (C=O) groups excluding carboxylic acids is 5. The molecule has 3 aromatic carbocycles. The van der Waals surface area contributed by atoms with Gasteiger partial charge in [0.2, 0.25) is 17.7 Å². The van der Waals surface area contributed by atoms with Gasteiger partial charge in [-0.3, -0.25) is 38.9 Å². The Morgan fingerprint density at radius 1 is 0.817 bits per heavy atom. The fourth-order valence-electron chi connectivity index (χ4n) is 8.59. The minimum atomic E-state index is -1.01. The number of nitriles is 1. The number of likely N-dealkylation sites (tertiary alicyclic amines) is 1. The Hall–Kier alpha value is -6.48. The lowest BCUT2D eigenvalue weighted by Crippen LogP contribution is -2.54. The van der Waals surface area contributed by atoms with E-state index in [9.17, 15) is 29.2 Å². The summed E-state index contributed by atoms with van der Waals surface area (Å²) in [5.41, 5.74) is 7.42. The van der Waals surface area contributed by atoms with Gasteiger partial charge in [0, 0.05) is 59.6 Å². The Kier molecular flexibility index (Phi) is 11.4. The van der Waals surface area contributed by atoms with E-state index in [1.165, 1.54) is 0 Å². The van der Waals surface area contributed by atoms with E-state index in [1.807, 2.05) is 34.7 Å². The number of hydrogen-bond acceptors (Lipinski definition) is 7. The van der Waals surface area contributed by atoms with Crippen LogP contribution in [0.3, 0.4) is 0 Å². The van der Waals surface area contributed by atoms with Gasteiger partial charge < -0.3 is 4.90 Å². The van der Waals surface area contributed by atoms with Crippen molar-refractivity contribution >= 4 is 41.1 Å². The average Bonchev–Trinajstić information content (AvgIpc) is 3.68. The second kappa shape index (κ2) is 17.0. The largest absolute Gasteiger partial charge is 0.342 e. The van der Waals surface area contributed by atoms with E-state index in [0.717, 1.165) is 77.1 Å². The highest BCUT2D eigenvalue weighted by Crippen LogP contribution is 2.33. The lowest BCUT2D eigenvalue weighted by atomic mass is 9.81. The predicted octanol–water partition coefficient (Wildman–Crippen LogP) is 6.59. The molecule has 3 fully saturated rings. The summed E-state index contributed by atoms with van der Waals surface area (Å²) >= 11 is 6.30. The van der Waals surface area contributed by atoms with Crippen LogP contribution in [0.5, 0.6) is 0 Å². The fraction of sp³-hybridized carbons (Fsp3) is 0.354. The van der Waals surface area contributed by atoms with Gasteiger partial charge in [0.25, 0.3) is 11.8 Å². The molecule has 302 valence electrons. The van der Waals surface area contributed by atoms with Gasteiger partial charge in [0.15, 0.2) is 0 Å². The number of amides is 5. The Balaban J connectivity index is 0.794. The first-order chi connectivity index (χ1) is 29.0. The van der Waals surface area contributed by atoms with E-state index in [-0.39, 0.29) is 47.6 Å². The van der Waals surface area contributed by atoms with E-state index in [2.05, 4.69) is 54.1 Å². The molecule has 4 aliphatic rings. The SMILES string of the molecule is Cc1c(-c2ccc(C#N)c(Cl)c2)nn(Cc2ccc(C#C[C@H]3CC[C@H](C(=O)N4CCC(C#Cc5ccc6c(c5)C(=O)N(C5CCC(=O)NC5=O)C6=O)CC4)CC3)cc2)c1C. The summed E-state index contributed by atoms with van der Waals surface area (Å²) < 4.78 is 1.99. The molecule has 1 saturated carbocycles. The van der Waals surface area contributed by atoms with Crippen LogP contribution in [0.25, 0.3) is 11.3 Å². The number of aromatic nitrogens is 2. The molecule has 5 amide bonds. The molecule has 1 aromatic heterocycles. The van der Waals surface area contributed by atoms with Crippen LogP contribution in [-0.2, 0) is 20.9 Å². The third-order valence-corrected chi connectivity index (χ3v) is 12.6. The smallest absolute Gasteiger partial charge is 0.262 e. The van der Waals surface area contributed by atoms with Gasteiger partial charge >= 0.3 is 0 Å². The number of halogens is 1. The molecular weight excluding hydrogens is 776 g/mol. The van der Waals surface area contributed by atoms with E-state index >= 15 is 0 Å². The zero-order chi connectivity index (χ0) is 42.1. The second-order valence-electron chi connectivity index (χ2n) is 16.1. The molecule has 1 N–H and O–H groups in total. The molecule has 4 heterocycles. The zero-order valence-corrected chi connectivity index (χ0v) is 34.3. The van der Waals surface area contributed by atoms with Crippen molar-refractivity contribution in [2.24, 2.45) is 17.8 Å². The molecule has 0 bridgehead atoms. The first-order valence-corrected chi connectivity index (χ1v) is 20.9. The van der Waals surface area contributed by atoms with Crippen LogP contribution in [0.15, 0.2) is 60.7 Å². The van der Waals surface area contributed by atoms with Gasteiger partial charge in [-0.15, -0.1) is 0 Å². The van der Waals surface area contributed by atoms with Crippen molar-refractivity contribution in [3.05, 3.63) is 110 Å². The molecule has 4 aromatic rings. The molecule has 12 heteroatoms. The highest BCUT2D eigenvalue weighted by molar-refractivity contribution is 6.32. The maximum absolute atomic E-state index is 13.5. The molecule has 8 rings (SSSR count). The fourth-order valence-corrected chi connectivity index (χ4v) is 8.81. The number of hydrogen-bond donors (Lipinski definition) is 1. The van der Waals surface area contributed by atoms with Crippen molar-refractivity contribution in [2.45, 2.75) is 77.8 Å². The van der Waals surface area contributed by atoms with E-state index < -0.39 is 29.7 Å². The summed E-state index contributed by atoms with van der Waals surface area (Å²) in [5, 5.41) is 16.7. The topological polar surface area (TPSA) is 145 Å². The van der Waals surface area contributed by atoms with Gasteiger partial charge in [-0.25, -0.2) is 0 Å². The molecule has 0 spiro atoms. The third kappa shape index (κ3) is 8.21. The molecule has 1 unspecified atom stereocenters. The Labute approximate surface area is 354 Å². The Morgan fingerprint density at radius 3 is 2.17 bits per heavy atom. The Bertz CT molecular complexity index is 2600. The monoisotopic (exact) mass is 818 g/mol. The molecule has 1 atom stereocenters. The maximum atomic E-state index is 13.5. The summed E-state index contributed by atoms with van der Waals surface area (Å²) in [7, 11) is 0. The van der Waals surface area contributed by atoms with Crippen LogP contribution in [0.1, 0.15) is 106 Å². The second-order valence-corrected chi connectivity index (χ2v) is 16.5. The van der Waals surface area contributed by atoms with Gasteiger partial charge in [0.05, 0.1) is 34.0 Å². The molecule has 0 radical (unpaired) electrons. The minimum absolute atomic E-state index is 0.0140. The van der Waals surface area contributed by atoms with Crippen molar-refractivity contribution < 1.29 is 24.0 Å². The number of nitrogens with one attached hydrogen (secondary N) is 1. The number of carbonyl (C=O) groups is 5. The molecular formula is C48H43ClN6O5. The number of rotatable bonds is 5. The van der Waals surface area contributed by atoms with Crippen LogP contribution in [0.4, 0.5) is 0 Å².